The summed E-state index contributed by atoms with van der Waals surface area (Å²) in [6.07, 6.45) is 1.96. The molecule has 3 rings (SSSR count). The molecule has 0 bridgehead atoms. The highest BCUT2D eigenvalue weighted by Gasteiger charge is 2.21. The normalized spacial score (nSPS) is 17.6. The van der Waals surface area contributed by atoms with Crippen molar-refractivity contribution in [3.63, 3.8) is 0 Å². The van der Waals surface area contributed by atoms with E-state index in [1.54, 1.807) is 6.07 Å². The minimum absolute atomic E-state index is 0.155. The summed E-state index contributed by atoms with van der Waals surface area (Å²) >= 11 is 0. The van der Waals surface area contributed by atoms with E-state index in [-0.39, 0.29) is 11.9 Å². The Balaban J connectivity index is 1.96. The highest BCUT2D eigenvalue weighted by Crippen LogP contribution is 2.36. The van der Waals surface area contributed by atoms with Gasteiger partial charge in [0, 0.05) is 11.3 Å². The number of fused-ring (bicyclic) bond motifs is 1. The molecule has 2 aromatic carbocycles. The number of nitrogens with one attached hydrogen (secondary N) is 1. The summed E-state index contributed by atoms with van der Waals surface area (Å²) in [5.41, 5.74) is 4.22. The average molecular weight is 285 g/mol. The molecule has 0 fully saturated rings. The Bertz CT molecular complexity index is 654. The standard InChI is InChI=1S/C18H20FNO/c1-12-8-9-14(19)11-17(12)20-16-7-4-10-21-18-13(2)5-3-6-15(16)18/h3,5-6,8-9,11,16,20H,4,7,10H2,1-2H3. The second-order valence-corrected chi connectivity index (χ2v) is 5.64. The number of benzene rings is 2. The van der Waals surface area contributed by atoms with Crippen molar-refractivity contribution >= 4 is 5.69 Å². The van der Waals surface area contributed by atoms with E-state index in [4.69, 9.17) is 4.74 Å². The second-order valence-electron chi connectivity index (χ2n) is 5.64. The van der Waals surface area contributed by atoms with Crippen LogP contribution in [0.3, 0.4) is 0 Å². The van der Waals surface area contributed by atoms with Crippen molar-refractivity contribution in [2.45, 2.75) is 32.7 Å². The monoisotopic (exact) mass is 285 g/mol. The van der Waals surface area contributed by atoms with E-state index < -0.39 is 0 Å². The molecule has 0 amide bonds. The van der Waals surface area contributed by atoms with E-state index in [0.717, 1.165) is 47.6 Å². The van der Waals surface area contributed by atoms with Crippen molar-refractivity contribution in [3.05, 3.63) is 58.9 Å². The third-order valence-corrected chi connectivity index (χ3v) is 4.03. The van der Waals surface area contributed by atoms with Gasteiger partial charge in [0.05, 0.1) is 12.6 Å². The van der Waals surface area contributed by atoms with Crippen LogP contribution in [0.25, 0.3) is 0 Å². The third-order valence-electron chi connectivity index (χ3n) is 4.03. The zero-order chi connectivity index (χ0) is 14.8. The van der Waals surface area contributed by atoms with E-state index in [1.165, 1.54) is 6.07 Å². The number of para-hydroxylation sites is 1. The van der Waals surface area contributed by atoms with Crippen LogP contribution >= 0.6 is 0 Å². The van der Waals surface area contributed by atoms with Crippen LogP contribution in [0, 0.1) is 19.7 Å². The molecule has 3 heteroatoms. The summed E-state index contributed by atoms with van der Waals surface area (Å²) in [6.45, 7) is 4.79. The lowest BCUT2D eigenvalue weighted by molar-refractivity contribution is 0.314. The molecule has 0 saturated heterocycles. The fraction of sp³-hybridized carbons (Fsp3) is 0.333. The molecule has 1 heterocycles. The first-order valence-electron chi connectivity index (χ1n) is 7.40. The van der Waals surface area contributed by atoms with Crippen LogP contribution in [0.5, 0.6) is 5.75 Å². The largest absolute Gasteiger partial charge is 0.493 e. The van der Waals surface area contributed by atoms with Crippen molar-refractivity contribution in [1.29, 1.82) is 0 Å². The number of anilines is 1. The summed E-state index contributed by atoms with van der Waals surface area (Å²) in [7, 11) is 0. The molecule has 0 spiro atoms. The van der Waals surface area contributed by atoms with Crippen LogP contribution in [-0.4, -0.2) is 6.61 Å². The van der Waals surface area contributed by atoms with Crippen molar-refractivity contribution in [3.8, 4) is 5.75 Å². The average Bonchev–Trinajstić information content (AvgIpc) is 2.67. The van der Waals surface area contributed by atoms with Gasteiger partial charge < -0.3 is 10.1 Å². The molecule has 2 nitrogen and oxygen atoms in total. The molecule has 1 aliphatic rings. The van der Waals surface area contributed by atoms with Gasteiger partial charge in [-0.1, -0.05) is 24.3 Å². The first-order valence-corrected chi connectivity index (χ1v) is 7.40. The van der Waals surface area contributed by atoms with E-state index in [0.29, 0.717) is 0 Å². The van der Waals surface area contributed by atoms with Crippen molar-refractivity contribution in [2.24, 2.45) is 0 Å². The Hall–Kier alpha value is -2.03. The number of hydrogen-bond donors (Lipinski definition) is 1. The van der Waals surface area contributed by atoms with Crippen molar-refractivity contribution in [1.82, 2.24) is 0 Å². The molecule has 0 aliphatic carbocycles. The fourth-order valence-corrected chi connectivity index (χ4v) is 2.85. The van der Waals surface area contributed by atoms with E-state index in [1.807, 2.05) is 13.0 Å². The van der Waals surface area contributed by atoms with Gasteiger partial charge >= 0.3 is 0 Å². The first kappa shape index (κ1) is 13.9. The fourth-order valence-electron chi connectivity index (χ4n) is 2.85. The van der Waals surface area contributed by atoms with Gasteiger partial charge in [-0.3, -0.25) is 0 Å². The molecule has 1 aliphatic heterocycles. The lowest BCUT2D eigenvalue weighted by Crippen LogP contribution is -2.11. The topological polar surface area (TPSA) is 21.3 Å². The van der Waals surface area contributed by atoms with Crippen LogP contribution in [0.4, 0.5) is 10.1 Å². The lowest BCUT2D eigenvalue weighted by Gasteiger charge is -2.21. The first-order chi connectivity index (χ1) is 10.1. The third kappa shape index (κ3) is 2.87. The summed E-state index contributed by atoms with van der Waals surface area (Å²) in [6, 6.07) is 11.2. The lowest BCUT2D eigenvalue weighted by atomic mass is 9.99. The van der Waals surface area contributed by atoms with E-state index >= 15 is 0 Å². The highest BCUT2D eigenvalue weighted by molar-refractivity contribution is 5.54. The Kier molecular flexibility index (Phi) is 3.82. The quantitative estimate of drug-likeness (QED) is 0.858. The van der Waals surface area contributed by atoms with Crippen LogP contribution in [0.1, 0.15) is 35.6 Å². The molecule has 110 valence electrons. The smallest absolute Gasteiger partial charge is 0.127 e. The molecule has 2 aromatic rings. The maximum Gasteiger partial charge on any atom is 0.127 e. The maximum absolute atomic E-state index is 13.5. The Morgan fingerprint density at radius 3 is 2.86 bits per heavy atom. The van der Waals surface area contributed by atoms with Gasteiger partial charge in [-0.15, -0.1) is 0 Å². The number of hydrogen-bond acceptors (Lipinski definition) is 2. The van der Waals surface area contributed by atoms with Crippen LogP contribution in [-0.2, 0) is 0 Å². The summed E-state index contributed by atoms with van der Waals surface area (Å²) in [4.78, 5) is 0. The zero-order valence-corrected chi connectivity index (χ0v) is 12.4. The van der Waals surface area contributed by atoms with Gasteiger partial charge in [-0.2, -0.15) is 0 Å². The van der Waals surface area contributed by atoms with Crippen molar-refractivity contribution in [2.75, 3.05) is 11.9 Å². The molecule has 1 N–H and O–H groups in total. The zero-order valence-electron chi connectivity index (χ0n) is 12.4. The predicted octanol–water partition coefficient (Wildman–Crippen LogP) is 4.77. The minimum Gasteiger partial charge on any atom is -0.493 e. The number of aryl methyl sites for hydroxylation is 2. The predicted molar refractivity (Wildman–Crippen MR) is 83.4 cm³/mol. The van der Waals surface area contributed by atoms with E-state index in [2.05, 4.69) is 30.4 Å². The Morgan fingerprint density at radius 1 is 1.14 bits per heavy atom. The molecule has 0 aromatic heterocycles. The molecule has 21 heavy (non-hydrogen) atoms. The second kappa shape index (κ2) is 5.76. The number of halogens is 1. The summed E-state index contributed by atoms with van der Waals surface area (Å²) in [5.74, 6) is 0.763. The number of rotatable bonds is 2. The maximum atomic E-state index is 13.5. The van der Waals surface area contributed by atoms with Gasteiger partial charge in [0.2, 0.25) is 0 Å². The number of ether oxygens (including phenoxy) is 1. The SMILES string of the molecule is Cc1ccc(F)cc1NC1CCCOc2c(C)cccc21. The minimum atomic E-state index is -0.211. The molecule has 1 atom stereocenters. The van der Waals surface area contributed by atoms with Gasteiger partial charge in [-0.25, -0.2) is 4.39 Å². The van der Waals surface area contributed by atoms with Crippen LogP contribution < -0.4 is 10.1 Å². The van der Waals surface area contributed by atoms with Gasteiger partial charge in [-0.05, 0) is 49.9 Å². The van der Waals surface area contributed by atoms with Gasteiger partial charge in [0.1, 0.15) is 11.6 Å². The Labute approximate surface area is 125 Å². The highest BCUT2D eigenvalue weighted by atomic mass is 19.1. The van der Waals surface area contributed by atoms with E-state index in [9.17, 15) is 4.39 Å². The van der Waals surface area contributed by atoms with Gasteiger partial charge in [0.25, 0.3) is 0 Å². The molecular weight excluding hydrogens is 265 g/mol. The Morgan fingerprint density at radius 2 is 2.00 bits per heavy atom. The molecular formula is C18H20FNO. The van der Waals surface area contributed by atoms with Crippen LogP contribution in [0.15, 0.2) is 36.4 Å². The van der Waals surface area contributed by atoms with Gasteiger partial charge in [0.15, 0.2) is 0 Å². The molecule has 1 unspecified atom stereocenters. The molecule has 0 saturated carbocycles. The van der Waals surface area contributed by atoms with Crippen molar-refractivity contribution < 1.29 is 9.13 Å². The van der Waals surface area contributed by atoms with Crippen LogP contribution in [0.2, 0.25) is 0 Å². The molecule has 0 radical (unpaired) electrons. The summed E-state index contributed by atoms with van der Waals surface area (Å²) in [5, 5.41) is 3.49. The summed E-state index contributed by atoms with van der Waals surface area (Å²) < 4.78 is 19.4.